The highest BCUT2D eigenvalue weighted by molar-refractivity contribution is 14.1. The van der Waals surface area contributed by atoms with Crippen molar-refractivity contribution >= 4 is 102 Å². The largest absolute Gasteiger partial charge is 0.456 e. The third kappa shape index (κ3) is 7.39. The van der Waals surface area contributed by atoms with Crippen LogP contribution in [0.15, 0.2) is 0 Å². The second-order valence-corrected chi connectivity index (χ2v) is 9.60. The Hall–Kier alpha value is -0.300. The number of rotatable bonds is 9. The third-order valence-corrected chi connectivity index (χ3v) is 7.38. The van der Waals surface area contributed by atoms with Gasteiger partial charge < -0.3 is 25.2 Å². The minimum absolute atomic E-state index is 0.0337. The first-order valence-corrected chi connectivity index (χ1v) is 11.9. The smallest absolute Gasteiger partial charge is 0.303 e. The maximum absolute atomic E-state index is 13.0. The Labute approximate surface area is 218 Å². The predicted octanol–water partition coefficient (Wildman–Crippen LogP) is 1.48. The maximum Gasteiger partial charge on any atom is 0.303 e. The van der Waals surface area contributed by atoms with Crippen LogP contribution in [0.25, 0.3) is 0 Å². The Morgan fingerprint density at radius 1 is 1.13 bits per heavy atom. The average molecular weight is 779 g/mol. The number of aliphatic hydroxyl groups excluding tert-OH is 2. The molecule has 0 saturated carbocycles. The van der Waals surface area contributed by atoms with Gasteiger partial charge in [-0.2, -0.15) is 0 Å². The van der Waals surface area contributed by atoms with Crippen molar-refractivity contribution in [3.63, 3.8) is 0 Å². The molecule has 166 valence electrons. The zero-order chi connectivity index (χ0) is 23.2. The zero-order valence-electron chi connectivity index (χ0n) is 15.8. The van der Waals surface area contributed by atoms with Gasteiger partial charge in [-0.25, -0.2) is 0 Å². The quantitative estimate of drug-likeness (QED) is 0.197. The van der Waals surface area contributed by atoms with Crippen molar-refractivity contribution in [2.45, 2.75) is 19.6 Å². The number of likely N-dealkylation sites (N-methyl/N-ethyl adjacent to an activating group) is 1. The molecule has 0 radical (unpaired) electrons. The van der Waals surface area contributed by atoms with Gasteiger partial charge in [0.15, 0.2) is 6.61 Å². The van der Waals surface area contributed by atoms with Gasteiger partial charge in [0, 0.05) is 37.8 Å². The van der Waals surface area contributed by atoms with Gasteiger partial charge in [0.1, 0.15) is 0 Å². The minimum atomic E-state index is -1.12. The number of esters is 1. The van der Waals surface area contributed by atoms with E-state index in [2.05, 4.69) is 10.1 Å². The van der Waals surface area contributed by atoms with Gasteiger partial charge in [0.05, 0.1) is 23.8 Å². The van der Waals surface area contributed by atoms with E-state index < -0.39 is 42.3 Å². The Balaban J connectivity index is 3.36. The number of hydrogen-bond donors (Lipinski definition) is 3. The first-order valence-electron chi connectivity index (χ1n) is 8.25. The highest BCUT2D eigenvalue weighted by atomic mass is 127. The SMILES string of the molecule is CC(=O)OCC(=O)NCc1c(I)c(C(=O)Cl)c(I)c(C(=O)N(C)CC(O)CO)c1I. The van der Waals surface area contributed by atoms with E-state index in [-0.39, 0.29) is 24.2 Å². The van der Waals surface area contributed by atoms with Crippen LogP contribution in [-0.2, 0) is 20.9 Å². The topological polar surface area (TPSA) is 133 Å². The molecule has 0 bridgehead atoms. The fourth-order valence-corrected chi connectivity index (χ4v) is 7.29. The van der Waals surface area contributed by atoms with Gasteiger partial charge in [-0.15, -0.1) is 0 Å². The summed E-state index contributed by atoms with van der Waals surface area (Å²) < 4.78 is 5.95. The molecule has 0 aliphatic carbocycles. The van der Waals surface area contributed by atoms with Crippen LogP contribution < -0.4 is 5.32 Å². The molecule has 30 heavy (non-hydrogen) atoms. The lowest BCUT2D eigenvalue weighted by molar-refractivity contribution is -0.146. The van der Waals surface area contributed by atoms with E-state index in [0.717, 1.165) is 0 Å². The molecule has 0 saturated heterocycles. The maximum atomic E-state index is 13.0. The Kier molecular flexibility index (Phi) is 11.7. The highest BCUT2D eigenvalue weighted by Gasteiger charge is 2.29. The predicted molar refractivity (Wildman–Crippen MR) is 133 cm³/mol. The lowest BCUT2D eigenvalue weighted by Crippen LogP contribution is -2.37. The fraction of sp³-hybridized carbons (Fsp3) is 0.412. The number of nitrogens with one attached hydrogen (secondary N) is 1. The number of carbonyl (C=O) groups is 4. The Morgan fingerprint density at radius 3 is 2.20 bits per heavy atom. The molecule has 0 aromatic heterocycles. The second-order valence-electron chi connectivity index (χ2n) is 6.02. The summed E-state index contributed by atoms with van der Waals surface area (Å²) in [5.74, 6) is -1.64. The van der Waals surface area contributed by atoms with Crippen molar-refractivity contribution in [1.82, 2.24) is 10.2 Å². The standard InChI is InChI=1S/C17H18ClI3N2O7/c1-7(25)30-6-10(27)22-3-9-13(19)11(16(18)28)15(21)12(14(9)20)17(29)23(2)4-8(26)5-24/h8,24,26H,3-6H2,1-2H3,(H,22,27). The van der Waals surface area contributed by atoms with Gasteiger partial charge in [0.2, 0.25) is 0 Å². The number of ether oxygens (including phenoxy) is 1. The zero-order valence-corrected chi connectivity index (χ0v) is 23.0. The van der Waals surface area contributed by atoms with E-state index >= 15 is 0 Å². The van der Waals surface area contributed by atoms with Crippen LogP contribution in [0.2, 0.25) is 0 Å². The van der Waals surface area contributed by atoms with E-state index in [1.54, 1.807) is 0 Å². The normalized spacial score (nSPS) is 11.6. The Morgan fingerprint density at radius 2 is 1.70 bits per heavy atom. The molecule has 0 fully saturated rings. The molecule has 1 rings (SSSR count). The molecule has 0 aliphatic rings. The summed E-state index contributed by atoms with van der Waals surface area (Å²) in [5.41, 5.74) is 0.815. The summed E-state index contributed by atoms with van der Waals surface area (Å²) >= 11 is 11.5. The van der Waals surface area contributed by atoms with Crippen molar-refractivity contribution in [3.8, 4) is 0 Å². The number of hydrogen-bond acceptors (Lipinski definition) is 7. The molecule has 13 heteroatoms. The number of aliphatic hydroxyl groups is 2. The summed E-state index contributed by atoms with van der Waals surface area (Å²) in [4.78, 5) is 49.0. The minimum Gasteiger partial charge on any atom is -0.456 e. The molecule has 1 aromatic rings. The summed E-state index contributed by atoms with van der Waals surface area (Å²) in [5, 5.41) is 20.5. The monoisotopic (exact) mass is 778 g/mol. The van der Waals surface area contributed by atoms with Gasteiger partial charge in [-0.3, -0.25) is 19.2 Å². The van der Waals surface area contributed by atoms with Crippen LogP contribution in [0.4, 0.5) is 0 Å². The van der Waals surface area contributed by atoms with Crippen LogP contribution in [-0.4, -0.2) is 71.0 Å². The summed E-state index contributed by atoms with van der Waals surface area (Å²) in [7, 11) is 1.45. The van der Waals surface area contributed by atoms with Gasteiger partial charge in [-0.1, -0.05) is 0 Å². The second kappa shape index (κ2) is 12.7. The van der Waals surface area contributed by atoms with Crippen LogP contribution in [0.1, 0.15) is 33.2 Å². The molecule has 1 unspecified atom stereocenters. The number of carbonyl (C=O) groups excluding carboxylic acids is 4. The van der Waals surface area contributed by atoms with E-state index in [4.69, 9.17) is 16.7 Å². The van der Waals surface area contributed by atoms with Gasteiger partial charge >= 0.3 is 5.97 Å². The van der Waals surface area contributed by atoms with E-state index in [0.29, 0.717) is 16.3 Å². The van der Waals surface area contributed by atoms with Crippen molar-refractivity contribution in [1.29, 1.82) is 0 Å². The molecule has 1 aromatic carbocycles. The third-order valence-electron chi connectivity index (χ3n) is 3.73. The molecular formula is C17H18ClI3N2O7. The van der Waals surface area contributed by atoms with E-state index in [1.807, 2.05) is 67.8 Å². The average Bonchev–Trinajstić information content (AvgIpc) is 2.65. The summed E-state index contributed by atoms with van der Waals surface area (Å²) in [6.45, 7) is 0.0596. The molecule has 0 spiro atoms. The highest BCUT2D eigenvalue weighted by Crippen LogP contribution is 2.33. The van der Waals surface area contributed by atoms with Gasteiger partial charge in [-0.05, 0) is 84.9 Å². The summed E-state index contributed by atoms with van der Waals surface area (Å²) in [6, 6.07) is 0. The molecule has 1 atom stereocenters. The van der Waals surface area contributed by atoms with Crippen molar-refractivity contribution in [2.75, 3.05) is 26.8 Å². The van der Waals surface area contributed by atoms with E-state index in [9.17, 15) is 24.3 Å². The molecule has 2 amide bonds. The van der Waals surface area contributed by atoms with Crippen molar-refractivity contribution in [2.24, 2.45) is 0 Å². The first kappa shape index (κ1) is 27.7. The number of nitrogens with zero attached hydrogens (tertiary/aromatic N) is 1. The molecular weight excluding hydrogens is 760 g/mol. The molecule has 0 heterocycles. The lowest BCUT2D eigenvalue weighted by atomic mass is 10.0. The first-order chi connectivity index (χ1) is 13.9. The van der Waals surface area contributed by atoms with Crippen LogP contribution in [0, 0.1) is 10.7 Å². The van der Waals surface area contributed by atoms with Crippen LogP contribution >= 0.6 is 79.4 Å². The van der Waals surface area contributed by atoms with Gasteiger partial charge in [0.25, 0.3) is 17.1 Å². The number of halogens is 4. The molecule has 3 N–H and O–H groups in total. The lowest BCUT2D eigenvalue weighted by Gasteiger charge is -2.23. The van der Waals surface area contributed by atoms with Crippen LogP contribution in [0.5, 0.6) is 0 Å². The molecule has 0 aliphatic heterocycles. The Bertz CT molecular complexity index is 866. The number of amides is 2. The number of benzene rings is 1. The van der Waals surface area contributed by atoms with E-state index in [1.165, 1.54) is 18.9 Å². The van der Waals surface area contributed by atoms with Crippen molar-refractivity contribution < 1.29 is 34.1 Å². The molecule has 9 nitrogen and oxygen atoms in total. The summed E-state index contributed by atoms with van der Waals surface area (Å²) in [6.07, 6.45) is -1.12. The van der Waals surface area contributed by atoms with Crippen LogP contribution in [0.3, 0.4) is 0 Å². The van der Waals surface area contributed by atoms with Crippen molar-refractivity contribution in [3.05, 3.63) is 27.4 Å². The fourth-order valence-electron chi connectivity index (χ4n) is 2.28.